The van der Waals surface area contributed by atoms with Crippen LogP contribution in [0.5, 0.6) is 0 Å². The highest BCUT2D eigenvalue weighted by molar-refractivity contribution is 7.89. The van der Waals surface area contributed by atoms with E-state index in [1.165, 1.54) is 6.07 Å². The molecule has 0 bridgehead atoms. The molecule has 0 heterocycles. The smallest absolute Gasteiger partial charge is 0.324 e. The number of benzene rings is 1. The van der Waals surface area contributed by atoms with Gasteiger partial charge in [0.15, 0.2) is 0 Å². The van der Waals surface area contributed by atoms with Gasteiger partial charge >= 0.3 is 6.18 Å². The Hall–Kier alpha value is -0.830. The van der Waals surface area contributed by atoms with E-state index in [9.17, 15) is 21.6 Å². The van der Waals surface area contributed by atoms with Crippen molar-refractivity contribution >= 4 is 22.4 Å². The molecule has 1 aromatic carbocycles. The molecule has 0 aromatic heterocycles. The zero-order chi connectivity index (χ0) is 16.3. The van der Waals surface area contributed by atoms with E-state index < -0.39 is 32.2 Å². The number of rotatable bonds is 6. The van der Waals surface area contributed by atoms with Crippen LogP contribution in [0.4, 0.5) is 13.2 Å². The Labute approximate surface area is 134 Å². The molecule has 0 aliphatic carbocycles. The van der Waals surface area contributed by atoms with Crippen molar-refractivity contribution < 1.29 is 21.6 Å². The third-order valence-electron chi connectivity index (χ3n) is 3.50. The number of nitrogens with two attached hydrogens (primary N) is 1. The molecule has 0 saturated heterocycles. The minimum absolute atomic E-state index is 0. The molecule has 9 heteroatoms. The summed E-state index contributed by atoms with van der Waals surface area (Å²) in [4.78, 5) is -0.785. The van der Waals surface area contributed by atoms with Gasteiger partial charge in [-0.2, -0.15) is 13.2 Å². The van der Waals surface area contributed by atoms with Crippen LogP contribution in [-0.4, -0.2) is 20.5 Å². The fourth-order valence-corrected chi connectivity index (χ4v) is 3.12. The van der Waals surface area contributed by atoms with Crippen LogP contribution in [0, 0.1) is 0 Å². The average molecular weight is 361 g/mol. The lowest BCUT2D eigenvalue weighted by molar-refractivity contribution is -0.139. The average Bonchev–Trinajstić information content (AvgIpc) is 2.44. The van der Waals surface area contributed by atoms with Gasteiger partial charge in [-0.25, -0.2) is 13.1 Å². The maximum absolute atomic E-state index is 12.9. The Morgan fingerprint density at radius 2 is 1.64 bits per heavy atom. The molecule has 1 aromatic rings. The van der Waals surface area contributed by atoms with Gasteiger partial charge in [0.25, 0.3) is 0 Å². The molecule has 0 saturated carbocycles. The van der Waals surface area contributed by atoms with E-state index in [0.717, 1.165) is 18.2 Å². The third-order valence-corrected chi connectivity index (χ3v) is 4.96. The molecule has 0 aliphatic heterocycles. The molecule has 3 N–H and O–H groups in total. The van der Waals surface area contributed by atoms with E-state index in [1.807, 2.05) is 0 Å². The Kier molecular flexibility index (Phi) is 7.34. The molecule has 128 valence electrons. The van der Waals surface area contributed by atoms with E-state index in [4.69, 9.17) is 5.73 Å². The Morgan fingerprint density at radius 1 is 1.14 bits per heavy atom. The molecular formula is C13H20ClF3N2O2S. The standard InChI is InChI=1S/C13H19F3N2O2S.ClH/c1-3-12(17,4-2)9-18-21(19,20)11-8-6-5-7-10(11)13(14,15)16;/h5-8,18H,3-4,9,17H2,1-2H3;1H. The highest BCUT2D eigenvalue weighted by atomic mass is 35.5. The largest absolute Gasteiger partial charge is 0.417 e. The molecule has 22 heavy (non-hydrogen) atoms. The lowest BCUT2D eigenvalue weighted by atomic mass is 9.95. The number of alkyl halides is 3. The first-order valence-electron chi connectivity index (χ1n) is 6.50. The maximum Gasteiger partial charge on any atom is 0.417 e. The van der Waals surface area contributed by atoms with Crippen LogP contribution in [0.15, 0.2) is 29.2 Å². The maximum atomic E-state index is 12.9. The van der Waals surface area contributed by atoms with Gasteiger partial charge in [0.1, 0.15) is 0 Å². The van der Waals surface area contributed by atoms with Crippen LogP contribution in [0.25, 0.3) is 0 Å². The normalized spacial score (nSPS) is 12.8. The van der Waals surface area contributed by atoms with Gasteiger partial charge in [-0.3, -0.25) is 0 Å². The summed E-state index contributed by atoms with van der Waals surface area (Å²) in [5.41, 5.74) is 3.99. The summed E-state index contributed by atoms with van der Waals surface area (Å²) in [6.45, 7) is 3.47. The van der Waals surface area contributed by atoms with Gasteiger partial charge in [0, 0.05) is 12.1 Å². The first kappa shape index (κ1) is 21.2. The highest BCUT2D eigenvalue weighted by Gasteiger charge is 2.37. The van der Waals surface area contributed by atoms with Crippen LogP contribution < -0.4 is 10.5 Å². The number of hydrogen-bond donors (Lipinski definition) is 2. The van der Waals surface area contributed by atoms with Gasteiger partial charge in [-0.15, -0.1) is 12.4 Å². The molecule has 0 spiro atoms. The lowest BCUT2D eigenvalue weighted by Gasteiger charge is -2.27. The summed E-state index contributed by atoms with van der Waals surface area (Å²) in [5, 5.41) is 0. The number of halogens is 4. The molecule has 1 rings (SSSR count). The van der Waals surface area contributed by atoms with Crippen LogP contribution in [0.3, 0.4) is 0 Å². The predicted molar refractivity (Wildman–Crippen MR) is 81.4 cm³/mol. The van der Waals surface area contributed by atoms with Crippen molar-refractivity contribution in [1.82, 2.24) is 4.72 Å². The summed E-state index contributed by atoms with van der Waals surface area (Å²) in [6, 6.07) is 4.07. The number of hydrogen-bond acceptors (Lipinski definition) is 3. The fourth-order valence-electron chi connectivity index (χ4n) is 1.75. The molecule has 0 aliphatic rings. The lowest BCUT2D eigenvalue weighted by Crippen LogP contribution is -2.49. The quantitative estimate of drug-likeness (QED) is 0.819. The molecule has 0 amide bonds. The van der Waals surface area contributed by atoms with Crippen molar-refractivity contribution in [3.05, 3.63) is 29.8 Å². The van der Waals surface area contributed by atoms with Crippen LogP contribution in [0.1, 0.15) is 32.3 Å². The zero-order valence-corrected chi connectivity index (χ0v) is 13.9. The molecule has 0 fully saturated rings. The van der Waals surface area contributed by atoms with Crippen molar-refractivity contribution in [2.24, 2.45) is 5.73 Å². The van der Waals surface area contributed by atoms with Gasteiger partial charge in [0.05, 0.1) is 10.5 Å². The minimum atomic E-state index is -4.74. The summed E-state index contributed by atoms with van der Waals surface area (Å²) in [6.07, 6.45) is -3.72. The molecule has 0 radical (unpaired) electrons. The predicted octanol–water partition coefficient (Wildman–Crippen LogP) is 2.92. The van der Waals surface area contributed by atoms with Crippen molar-refractivity contribution in [3.8, 4) is 0 Å². The van der Waals surface area contributed by atoms with Gasteiger partial charge < -0.3 is 5.73 Å². The van der Waals surface area contributed by atoms with Gasteiger partial charge in [0.2, 0.25) is 10.0 Å². The Morgan fingerprint density at radius 3 is 2.09 bits per heavy atom. The monoisotopic (exact) mass is 360 g/mol. The van der Waals surface area contributed by atoms with E-state index in [0.29, 0.717) is 12.8 Å². The number of sulfonamides is 1. The van der Waals surface area contributed by atoms with E-state index >= 15 is 0 Å². The highest BCUT2D eigenvalue weighted by Crippen LogP contribution is 2.33. The second kappa shape index (κ2) is 7.63. The number of nitrogens with one attached hydrogen (secondary N) is 1. The van der Waals surface area contributed by atoms with Crippen LogP contribution >= 0.6 is 12.4 Å². The van der Waals surface area contributed by atoms with Gasteiger partial charge in [-0.05, 0) is 25.0 Å². The van der Waals surface area contributed by atoms with Crippen LogP contribution in [-0.2, 0) is 16.2 Å². The molecule has 0 atom stereocenters. The summed E-state index contributed by atoms with van der Waals surface area (Å²) in [7, 11) is -4.28. The summed E-state index contributed by atoms with van der Waals surface area (Å²) < 4.78 is 65.0. The van der Waals surface area contributed by atoms with Crippen molar-refractivity contribution in [2.75, 3.05) is 6.54 Å². The summed E-state index contributed by atoms with van der Waals surface area (Å²) >= 11 is 0. The van der Waals surface area contributed by atoms with Gasteiger partial charge in [-0.1, -0.05) is 26.0 Å². The summed E-state index contributed by atoms with van der Waals surface area (Å²) in [5.74, 6) is 0. The zero-order valence-electron chi connectivity index (χ0n) is 12.3. The van der Waals surface area contributed by atoms with Crippen molar-refractivity contribution in [3.63, 3.8) is 0 Å². The fraction of sp³-hybridized carbons (Fsp3) is 0.538. The van der Waals surface area contributed by atoms with E-state index in [-0.39, 0.29) is 19.0 Å². The minimum Gasteiger partial charge on any atom is -0.324 e. The van der Waals surface area contributed by atoms with E-state index in [2.05, 4.69) is 4.72 Å². The molecular weight excluding hydrogens is 341 g/mol. The second-order valence-electron chi connectivity index (χ2n) is 4.89. The molecule has 4 nitrogen and oxygen atoms in total. The van der Waals surface area contributed by atoms with Crippen molar-refractivity contribution in [2.45, 2.75) is 43.3 Å². The van der Waals surface area contributed by atoms with Crippen LogP contribution in [0.2, 0.25) is 0 Å². The second-order valence-corrected chi connectivity index (χ2v) is 6.62. The SMILES string of the molecule is CCC(N)(CC)CNS(=O)(=O)c1ccccc1C(F)(F)F.Cl. The van der Waals surface area contributed by atoms with E-state index in [1.54, 1.807) is 13.8 Å². The molecule has 0 unspecified atom stereocenters. The Balaban J connectivity index is 0.00000441. The topological polar surface area (TPSA) is 72.2 Å². The Bertz CT molecular complexity index is 587. The first-order chi connectivity index (χ1) is 9.56. The third kappa shape index (κ3) is 5.12. The first-order valence-corrected chi connectivity index (χ1v) is 7.99. The van der Waals surface area contributed by atoms with Crippen molar-refractivity contribution in [1.29, 1.82) is 0 Å².